The van der Waals surface area contributed by atoms with Gasteiger partial charge >= 0.3 is 6.09 Å². The summed E-state index contributed by atoms with van der Waals surface area (Å²) < 4.78 is 0. The summed E-state index contributed by atoms with van der Waals surface area (Å²) in [6.07, 6.45) is 2.19. The van der Waals surface area contributed by atoms with E-state index in [1.807, 2.05) is 54.6 Å². The van der Waals surface area contributed by atoms with Gasteiger partial charge in [0, 0.05) is 18.5 Å². The number of benzene rings is 3. The monoisotopic (exact) mass is 503 g/mol. The Balaban J connectivity index is 1.53. The van der Waals surface area contributed by atoms with Gasteiger partial charge in [-0.2, -0.15) is 5.01 Å². The number of aryl methyl sites for hydroxylation is 1. The second-order valence-electron chi connectivity index (χ2n) is 8.82. The van der Waals surface area contributed by atoms with Crippen LogP contribution >= 0.6 is 0 Å². The number of aromatic hydroxyl groups is 1. The average Bonchev–Trinajstić information content (AvgIpc) is 2.91. The van der Waals surface area contributed by atoms with Crippen LogP contribution in [0.15, 0.2) is 78.9 Å². The van der Waals surface area contributed by atoms with Crippen molar-refractivity contribution in [3.05, 3.63) is 84.4 Å². The van der Waals surface area contributed by atoms with E-state index in [1.54, 1.807) is 31.2 Å². The minimum Gasteiger partial charge on any atom is -0.508 e. The summed E-state index contributed by atoms with van der Waals surface area (Å²) in [5.74, 6) is 0.165. The van der Waals surface area contributed by atoms with Gasteiger partial charge in [-0.1, -0.05) is 60.7 Å². The number of nitrogens with zero attached hydrogens (tertiary/aromatic N) is 2. The summed E-state index contributed by atoms with van der Waals surface area (Å²) in [5, 5.41) is 24.4. The maximum absolute atomic E-state index is 12.3. The van der Waals surface area contributed by atoms with Crippen molar-refractivity contribution in [2.24, 2.45) is 0 Å². The number of para-hydroxylation sites is 1. The van der Waals surface area contributed by atoms with Crippen LogP contribution in [0.2, 0.25) is 0 Å². The molecule has 0 fully saturated rings. The second-order valence-corrected chi connectivity index (χ2v) is 8.82. The number of carboxylic acid groups (broad SMARTS) is 1. The smallest absolute Gasteiger partial charge is 0.431 e. The second kappa shape index (κ2) is 13.7. The summed E-state index contributed by atoms with van der Waals surface area (Å²) in [4.78, 5) is 36.5. The van der Waals surface area contributed by atoms with Gasteiger partial charge < -0.3 is 15.5 Å². The molecule has 0 saturated heterocycles. The summed E-state index contributed by atoms with van der Waals surface area (Å²) in [6, 6.07) is 23.0. The van der Waals surface area contributed by atoms with Crippen molar-refractivity contribution in [1.29, 1.82) is 0 Å². The zero-order valence-electron chi connectivity index (χ0n) is 20.9. The highest BCUT2D eigenvalue weighted by Crippen LogP contribution is 2.32. The van der Waals surface area contributed by atoms with Gasteiger partial charge in [-0.3, -0.25) is 9.59 Å². The molecule has 0 radical (unpaired) electrons. The number of hydrogen-bond donors (Lipinski definition) is 3. The average molecular weight is 504 g/mol. The number of hydrogen-bond acceptors (Lipinski definition) is 4. The molecule has 3 aromatic rings. The van der Waals surface area contributed by atoms with Crippen LogP contribution in [0.25, 0.3) is 11.1 Å². The van der Waals surface area contributed by atoms with Crippen molar-refractivity contribution in [2.45, 2.75) is 45.1 Å². The van der Waals surface area contributed by atoms with Crippen molar-refractivity contribution in [1.82, 2.24) is 10.3 Å². The summed E-state index contributed by atoms with van der Waals surface area (Å²) in [5.41, 5.74) is 2.99. The van der Waals surface area contributed by atoms with Gasteiger partial charge in [-0.25, -0.2) is 9.80 Å². The van der Waals surface area contributed by atoms with Crippen LogP contribution in [0.4, 0.5) is 10.5 Å². The summed E-state index contributed by atoms with van der Waals surface area (Å²) in [6.45, 7) is 2.22. The van der Waals surface area contributed by atoms with Crippen LogP contribution < -0.4 is 10.3 Å². The Bertz CT molecular complexity index is 1170. The third-order valence-corrected chi connectivity index (χ3v) is 6.12. The number of phenols is 1. The van der Waals surface area contributed by atoms with E-state index in [9.17, 15) is 24.6 Å². The van der Waals surface area contributed by atoms with Gasteiger partial charge in [0.2, 0.25) is 12.3 Å². The molecule has 37 heavy (non-hydrogen) atoms. The number of anilines is 1. The minimum absolute atomic E-state index is 0.0531. The molecule has 3 N–H and O–H groups in total. The highest BCUT2D eigenvalue weighted by Gasteiger charge is 2.28. The highest BCUT2D eigenvalue weighted by atomic mass is 16.4. The Kier molecular flexibility index (Phi) is 10.1. The molecule has 0 aliphatic carbocycles. The van der Waals surface area contributed by atoms with Gasteiger partial charge in [-0.05, 0) is 61.9 Å². The summed E-state index contributed by atoms with van der Waals surface area (Å²) >= 11 is 0. The van der Waals surface area contributed by atoms with E-state index in [-0.39, 0.29) is 11.7 Å². The van der Waals surface area contributed by atoms with Crippen molar-refractivity contribution in [2.75, 3.05) is 11.6 Å². The third kappa shape index (κ3) is 7.83. The Hall–Kier alpha value is -4.33. The van der Waals surface area contributed by atoms with Crippen molar-refractivity contribution in [3.63, 3.8) is 0 Å². The molecule has 8 heteroatoms. The van der Waals surface area contributed by atoms with Crippen LogP contribution in [0.5, 0.6) is 5.75 Å². The standard InChI is InChI=1S/C29H33N3O5/c1-22(9-8-20-30-28(35)15-7-10-23-16-18-25(34)19-17-23)31(21-33)32(29(36)37)27-14-6-5-13-26(27)24-11-3-2-4-12-24/h2-6,11-14,16-19,21-22,34H,7-10,15,20H2,1H3,(H,30,35)(H,36,37). The molecule has 0 spiro atoms. The molecule has 1 unspecified atom stereocenters. The normalized spacial score (nSPS) is 11.4. The van der Waals surface area contributed by atoms with Crippen LogP contribution in [0, 0.1) is 0 Å². The van der Waals surface area contributed by atoms with Crippen LogP contribution in [0.1, 0.15) is 38.2 Å². The Labute approximate surface area is 217 Å². The molecular weight excluding hydrogens is 470 g/mol. The first-order valence-corrected chi connectivity index (χ1v) is 12.4. The van der Waals surface area contributed by atoms with Crippen molar-refractivity contribution >= 4 is 24.1 Å². The SMILES string of the molecule is CC(CCCNC(=O)CCCc1ccc(O)cc1)N(C=O)N(C(=O)O)c1ccccc1-c1ccccc1. The lowest BCUT2D eigenvalue weighted by atomic mass is 10.0. The van der Waals surface area contributed by atoms with Gasteiger partial charge in [0.1, 0.15) is 5.75 Å². The fourth-order valence-corrected chi connectivity index (χ4v) is 4.16. The number of phenolic OH excluding ortho intramolecular Hbond substituents is 1. The molecule has 194 valence electrons. The summed E-state index contributed by atoms with van der Waals surface area (Å²) in [7, 11) is 0. The van der Waals surface area contributed by atoms with Gasteiger partial charge in [0.05, 0.1) is 11.7 Å². The minimum atomic E-state index is -1.26. The number of hydrazine groups is 1. The maximum atomic E-state index is 12.3. The molecule has 0 bridgehead atoms. The number of carbonyl (C=O) groups is 3. The molecule has 8 nitrogen and oxygen atoms in total. The Morgan fingerprint density at radius 1 is 0.946 bits per heavy atom. The largest absolute Gasteiger partial charge is 0.508 e. The van der Waals surface area contributed by atoms with E-state index in [4.69, 9.17) is 0 Å². The van der Waals surface area contributed by atoms with Gasteiger partial charge in [0.15, 0.2) is 0 Å². The van der Waals surface area contributed by atoms with Crippen LogP contribution in [-0.4, -0.2) is 46.2 Å². The van der Waals surface area contributed by atoms with E-state index in [0.29, 0.717) is 49.9 Å². The molecule has 3 amide bonds. The first-order chi connectivity index (χ1) is 17.9. The maximum Gasteiger partial charge on any atom is 0.431 e. The van der Waals surface area contributed by atoms with E-state index < -0.39 is 12.1 Å². The first kappa shape index (κ1) is 27.3. The van der Waals surface area contributed by atoms with Crippen molar-refractivity contribution in [3.8, 4) is 16.9 Å². The predicted molar refractivity (Wildman–Crippen MR) is 143 cm³/mol. The molecule has 3 aromatic carbocycles. The zero-order valence-corrected chi connectivity index (χ0v) is 20.9. The fraction of sp³-hybridized carbons (Fsp3) is 0.276. The lowest BCUT2D eigenvalue weighted by Gasteiger charge is -2.35. The fourth-order valence-electron chi connectivity index (χ4n) is 4.16. The Morgan fingerprint density at radius 2 is 1.62 bits per heavy atom. The molecule has 0 aliphatic heterocycles. The van der Waals surface area contributed by atoms with E-state index in [1.165, 1.54) is 5.01 Å². The van der Waals surface area contributed by atoms with E-state index in [0.717, 1.165) is 22.6 Å². The Morgan fingerprint density at radius 3 is 2.30 bits per heavy atom. The lowest BCUT2D eigenvalue weighted by Crippen LogP contribution is -2.50. The van der Waals surface area contributed by atoms with E-state index >= 15 is 0 Å². The number of amides is 3. The molecule has 0 aliphatic rings. The quantitative estimate of drug-likeness (QED) is 0.168. The number of nitrogens with one attached hydrogen (secondary N) is 1. The highest BCUT2D eigenvalue weighted by molar-refractivity contribution is 5.93. The van der Waals surface area contributed by atoms with E-state index in [2.05, 4.69) is 5.32 Å². The molecular formula is C29H33N3O5. The van der Waals surface area contributed by atoms with Crippen molar-refractivity contribution < 1.29 is 24.6 Å². The van der Waals surface area contributed by atoms with Crippen LogP contribution in [-0.2, 0) is 16.0 Å². The first-order valence-electron chi connectivity index (χ1n) is 12.4. The van der Waals surface area contributed by atoms with Gasteiger partial charge in [-0.15, -0.1) is 0 Å². The number of rotatable bonds is 13. The number of carbonyl (C=O) groups excluding carboxylic acids is 2. The molecule has 3 rings (SSSR count). The topological polar surface area (TPSA) is 110 Å². The molecule has 0 heterocycles. The van der Waals surface area contributed by atoms with Crippen LogP contribution in [0.3, 0.4) is 0 Å². The lowest BCUT2D eigenvalue weighted by molar-refractivity contribution is -0.122. The molecule has 1 atom stereocenters. The van der Waals surface area contributed by atoms with Gasteiger partial charge in [0.25, 0.3) is 0 Å². The third-order valence-electron chi connectivity index (χ3n) is 6.12. The molecule has 0 saturated carbocycles. The molecule has 0 aromatic heterocycles. The zero-order chi connectivity index (χ0) is 26.6. The predicted octanol–water partition coefficient (Wildman–Crippen LogP) is 5.22.